The van der Waals surface area contributed by atoms with Gasteiger partial charge < -0.3 is 15.1 Å². The van der Waals surface area contributed by atoms with Crippen LogP contribution in [0.5, 0.6) is 0 Å². The van der Waals surface area contributed by atoms with Crippen molar-refractivity contribution in [1.29, 1.82) is 0 Å². The van der Waals surface area contributed by atoms with Crippen LogP contribution in [0.2, 0.25) is 0 Å². The number of rotatable bonds is 6. The highest BCUT2D eigenvalue weighted by atomic mass is 127. The third-order valence-corrected chi connectivity index (χ3v) is 4.57. The predicted molar refractivity (Wildman–Crippen MR) is 119 cm³/mol. The zero-order valence-electron chi connectivity index (χ0n) is 16.3. The second kappa shape index (κ2) is 12.1. The molecule has 0 saturated carbocycles. The van der Waals surface area contributed by atoms with E-state index >= 15 is 0 Å². The quantitative estimate of drug-likeness (QED) is 0.393. The second-order valence-electron chi connectivity index (χ2n) is 6.91. The highest BCUT2D eigenvalue weighted by molar-refractivity contribution is 14.0. The van der Waals surface area contributed by atoms with E-state index in [9.17, 15) is 4.79 Å². The SMILES string of the molecule is CCNC(=NCCC(=O)N(C)Cc1ccccc1)N1CCCC(C)C1.I. The molecule has 146 valence electrons. The van der Waals surface area contributed by atoms with Crippen LogP contribution in [0.3, 0.4) is 0 Å². The minimum atomic E-state index is 0. The van der Waals surface area contributed by atoms with E-state index in [1.807, 2.05) is 37.4 Å². The fourth-order valence-corrected chi connectivity index (χ4v) is 3.20. The van der Waals surface area contributed by atoms with Gasteiger partial charge in [0.2, 0.25) is 5.91 Å². The molecule has 1 heterocycles. The topological polar surface area (TPSA) is 47.9 Å². The Kier molecular flexibility index (Phi) is 10.6. The molecule has 5 nitrogen and oxygen atoms in total. The van der Waals surface area contributed by atoms with Gasteiger partial charge in [0.25, 0.3) is 0 Å². The summed E-state index contributed by atoms with van der Waals surface area (Å²) < 4.78 is 0. The van der Waals surface area contributed by atoms with Crippen LogP contribution in [-0.2, 0) is 11.3 Å². The molecule has 26 heavy (non-hydrogen) atoms. The first-order valence-electron chi connectivity index (χ1n) is 9.41. The number of aliphatic imine (C=N–C) groups is 1. The molecule has 1 aromatic carbocycles. The van der Waals surface area contributed by atoms with Gasteiger partial charge in [-0.3, -0.25) is 9.79 Å². The summed E-state index contributed by atoms with van der Waals surface area (Å²) in [4.78, 5) is 21.1. The standard InChI is InChI=1S/C20H32N4O.HI/c1-4-21-20(24-14-8-9-17(2)15-24)22-13-12-19(25)23(3)16-18-10-6-5-7-11-18;/h5-7,10-11,17H,4,8-9,12-16H2,1-3H3,(H,21,22);1H. The van der Waals surface area contributed by atoms with Gasteiger partial charge >= 0.3 is 0 Å². The summed E-state index contributed by atoms with van der Waals surface area (Å²) >= 11 is 0. The zero-order valence-corrected chi connectivity index (χ0v) is 18.6. The number of nitrogens with zero attached hydrogens (tertiary/aromatic N) is 3. The fourth-order valence-electron chi connectivity index (χ4n) is 3.20. The third-order valence-electron chi connectivity index (χ3n) is 4.57. The van der Waals surface area contributed by atoms with Crippen molar-refractivity contribution in [3.05, 3.63) is 35.9 Å². The molecule has 2 rings (SSSR count). The molecule has 0 aromatic heterocycles. The summed E-state index contributed by atoms with van der Waals surface area (Å²) in [7, 11) is 1.86. The summed E-state index contributed by atoms with van der Waals surface area (Å²) in [6.07, 6.45) is 2.95. The van der Waals surface area contributed by atoms with E-state index in [0.717, 1.165) is 31.2 Å². The summed E-state index contributed by atoms with van der Waals surface area (Å²) in [5, 5.41) is 3.37. The van der Waals surface area contributed by atoms with Crippen LogP contribution in [0, 0.1) is 5.92 Å². The lowest BCUT2D eigenvalue weighted by Crippen LogP contribution is -2.46. The maximum Gasteiger partial charge on any atom is 0.224 e. The Labute approximate surface area is 175 Å². The molecule has 1 fully saturated rings. The first-order chi connectivity index (χ1) is 12.1. The number of benzene rings is 1. The number of piperidine rings is 1. The van der Waals surface area contributed by atoms with Gasteiger partial charge in [0, 0.05) is 39.6 Å². The number of hydrogen-bond donors (Lipinski definition) is 1. The maximum atomic E-state index is 12.3. The molecular weight excluding hydrogens is 439 g/mol. The van der Waals surface area contributed by atoms with Gasteiger partial charge in [0.1, 0.15) is 0 Å². The lowest BCUT2D eigenvalue weighted by molar-refractivity contribution is -0.130. The maximum absolute atomic E-state index is 12.3. The van der Waals surface area contributed by atoms with E-state index in [2.05, 4.69) is 29.1 Å². The zero-order chi connectivity index (χ0) is 18.1. The highest BCUT2D eigenvalue weighted by Crippen LogP contribution is 2.15. The summed E-state index contributed by atoms with van der Waals surface area (Å²) in [6, 6.07) is 10.1. The van der Waals surface area contributed by atoms with E-state index in [-0.39, 0.29) is 29.9 Å². The number of amides is 1. The molecule has 1 aliphatic heterocycles. The van der Waals surface area contributed by atoms with Gasteiger partial charge in [-0.05, 0) is 31.2 Å². The normalized spacial score (nSPS) is 17.4. The number of guanidine groups is 1. The molecule has 0 spiro atoms. The van der Waals surface area contributed by atoms with Crippen LogP contribution >= 0.6 is 24.0 Å². The van der Waals surface area contributed by atoms with Gasteiger partial charge in [-0.15, -0.1) is 24.0 Å². The van der Waals surface area contributed by atoms with Crippen LogP contribution in [-0.4, -0.2) is 54.9 Å². The van der Waals surface area contributed by atoms with Crippen LogP contribution < -0.4 is 5.32 Å². The first kappa shape index (κ1) is 22.7. The van der Waals surface area contributed by atoms with E-state index in [0.29, 0.717) is 25.4 Å². The first-order valence-corrected chi connectivity index (χ1v) is 9.41. The monoisotopic (exact) mass is 472 g/mol. The Morgan fingerprint density at radius 3 is 2.73 bits per heavy atom. The summed E-state index contributed by atoms with van der Waals surface area (Å²) in [5.41, 5.74) is 1.15. The lowest BCUT2D eigenvalue weighted by Gasteiger charge is -2.33. The Bertz CT molecular complexity index is 564. The predicted octanol–water partition coefficient (Wildman–Crippen LogP) is 3.35. The van der Waals surface area contributed by atoms with Gasteiger partial charge in [-0.1, -0.05) is 37.3 Å². The van der Waals surface area contributed by atoms with Crippen molar-refractivity contribution < 1.29 is 4.79 Å². The smallest absolute Gasteiger partial charge is 0.224 e. The largest absolute Gasteiger partial charge is 0.357 e. The second-order valence-corrected chi connectivity index (χ2v) is 6.91. The number of carbonyl (C=O) groups excluding carboxylic acids is 1. The molecule has 0 bridgehead atoms. The van der Waals surface area contributed by atoms with Gasteiger partial charge in [0.15, 0.2) is 5.96 Å². The molecular formula is C20H33IN4O. The third kappa shape index (κ3) is 7.51. The van der Waals surface area contributed by atoms with Crippen LogP contribution in [0.4, 0.5) is 0 Å². The number of nitrogens with one attached hydrogen (secondary N) is 1. The molecule has 0 radical (unpaired) electrons. The van der Waals surface area contributed by atoms with E-state index in [4.69, 9.17) is 0 Å². The van der Waals surface area contributed by atoms with Crippen molar-refractivity contribution in [3.8, 4) is 0 Å². The van der Waals surface area contributed by atoms with Crippen molar-refractivity contribution >= 4 is 35.8 Å². The van der Waals surface area contributed by atoms with Crippen LogP contribution in [0.25, 0.3) is 0 Å². The van der Waals surface area contributed by atoms with Crippen molar-refractivity contribution in [3.63, 3.8) is 0 Å². The molecule has 1 aliphatic rings. The molecule has 1 amide bonds. The van der Waals surface area contributed by atoms with Crippen LogP contribution in [0.15, 0.2) is 35.3 Å². The Hall–Kier alpha value is -1.31. The Morgan fingerprint density at radius 1 is 1.35 bits per heavy atom. The molecule has 6 heteroatoms. The van der Waals surface area contributed by atoms with Crippen molar-refractivity contribution in [2.24, 2.45) is 10.9 Å². The van der Waals surface area contributed by atoms with Crippen molar-refractivity contribution in [1.82, 2.24) is 15.1 Å². The molecule has 1 saturated heterocycles. The lowest BCUT2D eigenvalue weighted by atomic mass is 10.0. The minimum absolute atomic E-state index is 0. The van der Waals surface area contributed by atoms with E-state index in [1.54, 1.807) is 4.90 Å². The summed E-state index contributed by atoms with van der Waals surface area (Å²) in [6.45, 7) is 8.51. The van der Waals surface area contributed by atoms with Crippen molar-refractivity contribution in [2.75, 3.05) is 33.2 Å². The van der Waals surface area contributed by atoms with Crippen LogP contribution in [0.1, 0.15) is 38.7 Å². The number of halogens is 1. The van der Waals surface area contributed by atoms with E-state index < -0.39 is 0 Å². The molecule has 1 aromatic rings. The van der Waals surface area contributed by atoms with Gasteiger partial charge in [0.05, 0.1) is 6.54 Å². The van der Waals surface area contributed by atoms with Crippen molar-refractivity contribution in [2.45, 2.75) is 39.7 Å². The minimum Gasteiger partial charge on any atom is -0.357 e. The Balaban J connectivity index is 0.00000338. The number of carbonyl (C=O) groups is 1. The fraction of sp³-hybridized carbons (Fsp3) is 0.600. The summed E-state index contributed by atoms with van der Waals surface area (Å²) in [5.74, 6) is 1.79. The van der Waals surface area contributed by atoms with Gasteiger partial charge in [-0.2, -0.15) is 0 Å². The average Bonchev–Trinajstić information content (AvgIpc) is 2.61. The number of likely N-dealkylation sites (tertiary alicyclic amines) is 1. The molecule has 1 N–H and O–H groups in total. The molecule has 1 atom stereocenters. The molecule has 1 unspecified atom stereocenters. The van der Waals surface area contributed by atoms with E-state index in [1.165, 1.54) is 12.8 Å². The Morgan fingerprint density at radius 2 is 2.08 bits per heavy atom. The molecule has 0 aliphatic carbocycles. The number of hydrogen-bond acceptors (Lipinski definition) is 2. The average molecular weight is 472 g/mol. The van der Waals surface area contributed by atoms with Gasteiger partial charge in [-0.25, -0.2) is 0 Å². The highest BCUT2D eigenvalue weighted by Gasteiger charge is 2.19.